The number of fused-ring (bicyclic) bond motifs is 4. The minimum absolute atomic E-state index is 0.160. The molecule has 0 amide bonds. The van der Waals surface area contributed by atoms with E-state index in [4.69, 9.17) is 19.4 Å². The van der Waals surface area contributed by atoms with Gasteiger partial charge in [0, 0.05) is 16.7 Å². The fourth-order valence-electron chi connectivity index (χ4n) is 5.22. The maximum atomic E-state index is 13.4. The van der Waals surface area contributed by atoms with Gasteiger partial charge in [0.2, 0.25) is 0 Å². The van der Waals surface area contributed by atoms with E-state index in [2.05, 4.69) is 11.1 Å². The number of rotatable bonds is 4. The first-order chi connectivity index (χ1) is 20.7. The van der Waals surface area contributed by atoms with Crippen LogP contribution in [0.15, 0.2) is 137 Å². The number of imidazole rings is 1. The zero-order valence-corrected chi connectivity index (χ0v) is 22.2. The largest absolute Gasteiger partial charge is 0.424 e. The highest BCUT2D eigenvalue weighted by molar-refractivity contribution is 5.87. The van der Waals surface area contributed by atoms with Crippen molar-refractivity contribution in [1.29, 1.82) is 0 Å². The van der Waals surface area contributed by atoms with Crippen LogP contribution in [0.25, 0.3) is 73.1 Å². The minimum Gasteiger partial charge on any atom is -0.424 e. The summed E-state index contributed by atoms with van der Waals surface area (Å²) in [7, 11) is 0. The molecular weight excluding hydrogens is 522 g/mol. The van der Waals surface area contributed by atoms with Crippen LogP contribution in [0.1, 0.15) is 0 Å². The van der Waals surface area contributed by atoms with E-state index in [9.17, 15) is 4.79 Å². The van der Waals surface area contributed by atoms with Crippen molar-refractivity contribution in [2.24, 2.45) is 0 Å². The average Bonchev–Trinajstić information content (AvgIpc) is 3.43. The van der Waals surface area contributed by atoms with Gasteiger partial charge in [0.05, 0.1) is 16.4 Å². The molecule has 0 bridgehead atoms. The summed E-state index contributed by atoms with van der Waals surface area (Å²) in [6.45, 7) is 0. The molecule has 0 saturated heterocycles. The smallest absolute Gasteiger partial charge is 0.310 e. The van der Waals surface area contributed by atoms with Gasteiger partial charge < -0.3 is 4.42 Å². The van der Waals surface area contributed by atoms with Crippen LogP contribution in [-0.4, -0.2) is 24.3 Å². The molecule has 0 atom stereocenters. The predicted molar refractivity (Wildman–Crippen MR) is 164 cm³/mol. The Kier molecular flexibility index (Phi) is 5.46. The van der Waals surface area contributed by atoms with Crippen LogP contribution in [0.4, 0.5) is 0 Å². The third-order valence-electron chi connectivity index (χ3n) is 7.30. The average molecular weight is 544 g/mol. The van der Waals surface area contributed by atoms with Crippen molar-refractivity contribution in [3.05, 3.63) is 138 Å². The maximum absolute atomic E-state index is 13.4. The molecule has 8 aromatic rings. The Morgan fingerprint density at radius 1 is 0.500 bits per heavy atom. The van der Waals surface area contributed by atoms with E-state index in [0.29, 0.717) is 39.5 Å². The normalized spacial score (nSPS) is 11.4. The lowest BCUT2D eigenvalue weighted by molar-refractivity contribution is 0.616. The van der Waals surface area contributed by atoms with E-state index >= 15 is 0 Å². The topological polar surface area (TPSA) is 86.2 Å². The minimum atomic E-state index is -0.160. The molecule has 198 valence electrons. The summed E-state index contributed by atoms with van der Waals surface area (Å²) >= 11 is 0. The number of hydrogen-bond acceptors (Lipinski definition) is 6. The van der Waals surface area contributed by atoms with Crippen LogP contribution in [0.3, 0.4) is 0 Å². The fourth-order valence-corrected chi connectivity index (χ4v) is 5.22. The van der Waals surface area contributed by atoms with Crippen molar-refractivity contribution < 1.29 is 4.42 Å². The molecule has 0 aliphatic carbocycles. The number of para-hydroxylation sites is 1. The third kappa shape index (κ3) is 4.03. The van der Waals surface area contributed by atoms with Crippen LogP contribution in [0.5, 0.6) is 0 Å². The Morgan fingerprint density at radius 2 is 1.07 bits per heavy atom. The molecule has 3 aromatic heterocycles. The van der Waals surface area contributed by atoms with Crippen molar-refractivity contribution in [2.75, 3.05) is 0 Å². The van der Waals surface area contributed by atoms with E-state index in [1.54, 1.807) is 12.1 Å². The lowest BCUT2D eigenvalue weighted by Crippen LogP contribution is -2.12. The van der Waals surface area contributed by atoms with Gasteiger partial charge in [0.25, 0.3) is 5.56 Å². The summed E-state index contributed by atoms with van der Waals surface area (Å²) in [6.07, 6.45) is 0. The quantitative estimate of drug-likeness (QED) is 0.229. The second-order valence-corrected chi connectivity index (χ2v) is 9.96. The predicted octanol–water partition coefficient (Wildman–Crippen LogP) is 7.45. The van der Waals surface area contributed by atoms with E-state index in [0.717, 1.165) is 27.8 Å². The van der Waals surface area contributed by atoms with Gasteiger partial charge in [-0.3, -0.25) is 4.79 Å². The molecule has 7 heteroatoms. The van der Waals surface area contributed by atoms with E-state index in [1.807, 2.05) is 109 Å². The zero-order chi connectivity index (χ0) is 28.0. The number of benzene rings is 5. The SMILES string of the molecule is O=c1c2ccccc2oc2nc3ccc(-c4cccc(-c5nc(-c6ccccc6)nc(-c6ccccc6)n5)c4)cc3n12. The van der Waals surface area contributed by atoms with Crippen molar-refractivity contribution in [1.82, 2.24) is 24.3 Å². The van der Waals surface area contributed by atoms with Gasteiger partial charge in [-0.25, -0.2) is 19.4 Å². The van der Waals surface area contributed by atoms with E-state index in [1.165, 1.54) is 4.40 Å². The van der Waals surface area contributed by atoms with Gasteiger partial charge in [-0.2, -0.15) is 4.98 Å². The monoisotopic (exact) mass is 543 g/mol. The molecule has 5 aromatic carbocycles. The second kappa shape index (κ2) is 9.60. The first-order valence-corrected chi connectivity index (χ1v) is 13.5. The third-order valence-corrected chi connectivity index (χ3v) is 7.30. The van der Waals surface area contributed by atoms with Gasteiger partial charge >= 0.3 is 5.84 Å². The first kappa shape index (κ1) is 23.9. The van der Waals surface area contributed by atoms with Crippen molar-refractivity contribution in [3.8, 4) is 45.3 Å². The molecule has 3 heterocycles. The Balaban J connectivity index is 1.27. The van der Waals surface area contributed by atoms with Gasteiger partial charge in [0.1, 0.15) is 5.58 Å². The Labute approximate surface area is 239 Å². The highest BCUT2D eigenvalue weighted by atomic mass is 16.3. The van der Waals surface area contributed by atoms with Crippen LogP contribution in [-0.2, 0) is 0 Å². The van der Waals surface area contributed by atoms with Crippen molar-refractivity contribution in [2.45, 2.75) is 0 Å². The standard InChI is InChI=1S/C35H21N5O2/c41-34-27-16-7-8-17-30(27)42-35-36-28-19-18-25(21-29(28)40(34)35)24-14-9-15-26(20-24)33-38-31(22-10-3-1-4-11-22)37-32(39-33)23-12-5-2-6-13-23/h1-21H. The second-order valence-electron chi connectivity index (χ2n) is 9.96. The number of nitrogens with zero attached hydrogens (tertiary/aromatic N) is 5. The molecule has 0 N–H and O–H groups in total. The lowest BCUT2D eigenvalue weighted by atomic mass is 10.0. The van der Waals surface area contributed by atoms with Gasteiger partial charge in [0.15, 0.2) is 17.5 Å². The Hall–Kier alpha value is -5.95. The molecule has 0 aliphatic rings. The fraction of sp³-hybridized carbons (Fsp3) is 0. The molecule has 8 rings (SSSR count). The molecule has 0 unspecified atom stereocenters. The highest BCUT2D eigenvalue weighted by Gasteiger charge is 2.15. The lowest BCUT2D eigenvalue weighted by Gasteiger charge is -2.09. The summed E-state index contributed by atoms with van der Waals surface area (Å²) in [5.74, 6) is 2.06. The van der Waals surface area contributed by atoms with Crippen molar-refractivity contribution >= 4 is 27.8 Å². The molecule has 0 saturated carbocycles. The molecule has 0 aliphatic heterocycles. The molecule has 7 nitrogen and oxygen atoms in total. The molecular formula is C35H21N5O2. The van der Waals surface area contributed by atoms with Crippen LogP contribution in [0.2, 0.25) is 0 Å². The van der Waals surface area contributed by atoms with Gasteiger partial charge in [-0.05, 0) is 41.5 Å². The van der Waals surface area contributed by atoms with E-state index < -0.39 is 0 Å². The summed E-state index contributed by atoms with van der Waals surface area (Å²) in [5.41, 5.74) is 6.30. The first-order valence-electron chi connectivity index (χ1n) is 13.5. The summed E-state index contributed by atoms with van der Waals surface area (Å²) < 4.78 is 7.50. The van der Waals surface area contributed by atoms with Crippen LogP contribution >= 0.6 is 0 Å². The number of hydrogen-bond donors (Lipinski definition) is 0. The van der Waals surface area contributed by atoms with Gasteiger partial charge in [-0.15, -0.1) is 0 Å². The molecule has 0 radical (unpaired) electrons. The van der Waals surface area contributed by atoms with Crippen molar-refractivity contribution in [3.63, 3.8) is 0 Å². The summed E-state index contributed by atoms with van der Waals surface area (Å²) in [6, 6.07) is 41.0. The Morgan fingerprint density at radius 3 is 1.79 bits per heavy atom. The molecule has 0 fully saturated rings. The summed E-state index contributed by atoms with van der Waals surface area (Å²) in [4.78, 5) is 32.5. The molecule has 0 spiro atoms. The van der Waals surface area contributed by atoms with Gasteiger partial charge in [-0.1, -0.05) is 97.1 Å². The zero-order valence-electron chi connectivity index (χ0n) is 22.2. The van der Waals surface area contributed by atoms with E-state index in [-0.39, 0.29) is 11.4 Å². The Bertz CT molecular complexity index is 2270. The number of aromatic nitrogens is 5. The van der Waals surface area contributed by atoms with Crippen LogP contribution < -0.4 is 5.56 Å². The van der Waals surface area contributed by atoms with Crippen LogP contribution in [0, 0.1) is 0 Å². The highest BCUT2D eigenvalue weighted by Crippen LogP contribution is 2.30. The maximum Gasteiger partial charge on any atom is 0.310 e. The summed E-state index contributed by atoms with van der Waals surface area (Å²) in [5, 5.41) is 0.509. The molecule has 42 heavy (non-hydrogen) atoms.